The lowest BCUT2D eigenvalue weighted by molar-refractivity contribution is -0.141. The van der Waals surface area contributed by atoms with Crippen molar-refractivity contribution in [1.82, 2.24) is 14.3 Å². The molecule has 1 aromatic heterocycles. The van der Waals surface area contributed by atoms with Gasteiger partial charge in [0.25, 0.3) is 0 Å². The van der Waals surface area contributed by atoms with E-state index in [1.807, 2.05) is 0 Å². The van der Waals surface area contributed by atoms with Crippen LogP contribution in [0.25, 0.3) is 0 Å². The highest BCUT2D eigenvalue weighted by atomic mass is 16.5. The van der Waals surface area contributed by atoms with Crippen LogP contribution < -0.4 is 10.4 Å². The number of aromatic nitrogens is 3. The zero-order valence-corrected chi connectivity index (χ0v) is 14.0. The van der Waals surface area contributed by atoms with E-state index in [0.29, 0.717) is 42.8 Å². The first-order valence-electron chi connectivity index (χ1n) is 8.66. The Labute approximate surface area is 149 Å². The fraction of sp³-hybridized carbons (Fsp3) is 0.444. The van der Waals surface area contributed by atoms with Crippen molar-refractivity contribution >= 4 is 5.97 Å². The summed E-state index contributed by atoms with van der Waals surface area (Å²) in [5.41, 5.74) is 0.193. The van der Waals surface area contributed by atoms with Crippen LogP contribution in [-0.4, -0.2) is 31.5 Å². The van der Waals surface area contributed by atoms with Crippen molar-refractivity contribution < 1.29 is 14.6 Å². The van der Waals surface area contributed by atoms with E-state index < -0.39 is 12.0 Å². The van der Waals surface area contributed by atoms with E-state index in [1.165, 1.54) is 9.25 Å². The molecule has 0 radical (unpaired) electrons. The van der Waals surface area contributed by atoms with Gasteiger partial charge in [-0.05, 0) is 31.0 Å². The average molecular weight is 354 g/mol. The quantitative estimate of drug-likeness (QED) is 0.894. The lowest BCUT2D eigenvalue weighted by Crippen LogP contribution is -2.41. The van der Waals surface area contributed by atoms with Crippen LogP contribution in [0.4, 0.5) is 0 Å². The first-order valence-corrected chi connectivity index (χ1v) is 8.66. The van der Waals surface area contributed by atoms with Gasteiger partial charge in [-0.25, -0.2) is 14.3 Å². The minimum atomic E-state index is -0.986. The summed E-state index contributed by atoms with van der Waals surface area (Å²) < 4.78 is 8.60. The highest BCUT2D eigenvalue weighted by molar-refractivity contribution is 5.72. The van der Waals surface area contributed by atoms with E-state index in [2.05, 4.69) is 11.2 Å². The number of carbonyl (C=O) groups is 1. The van der Waals surface area contributed by atoms with Crippen LogP contribution in [0.15, 0.2) is 29.1 Å². The number of nitrogens with zero attached hydrogens (tertiary/aromatic N) is 4. The molecule has 2 heterocycles. The fourth-order valence-corrected chi connectivity index (χ4v) is 3.64. The summed E-state index contributed by atoms with van der Waals surface area (Å²) in [5.74, 6) is 0.203. The van der Waals surface area contributed by atoms with Gasteiger partial charge in [0.15, 0.2) is 0 Å². The number of aliphatic carboxylic acids is 1. The van der Waals surface area contributed by atoms with Crippen LogP contribution in [-0.2, 0) is 11.2 Å². The smallest absolute Gasteiger partial charge is 0.347 e. The van der Waals surface area contributed by atoms with Crippen LogP contribution in [0, 0.1) is 11.3 Å². The predicted octanol–water partition coefficient (Wildman–Crippen LogP) is 1.66. The standard InChI is InChI=1S/C18H18N4O4/c19-10-11-3-1-4-13(7-11)26-14-8-12(9-14)22-18(25)21-15(17(23)24)5-2-6-16(21)20-22/h1,3-4,7,12,14-15H,2,5-6,8-9H2,(H,23,24)/t12?,14?,15-/m0/s1. The van der Waals surface area contributed by atoms with Crippen molar-refractivity contribution in [2.24, 2.45) is 0 Å². The van der Waals surface area contributed by atoms with Gasteiger partial charge in [-0.2, -0.15) is 10.4 Å². The molecule has 0 spiro atoms. The maximum atomic E-state index is 12.6. The normalized spacial score (nSPS) is 24.2. The second kappa shape index (κ2) is 6.33. The molecule has 26 heavy (non-hydrogen) atoms. The molecule has 0 unspecified atom stereocenters. The second-order valence-electron chi connectivity index (χ2n) is 6.76. The molecule has 1 N–H and O–H groups in total. The minimum absolute atomic E-state index is 0.0464. The van der Waals surface area contributed by atoms with Gasteiger partial charge in [0.2, 0.25) is 0 Å². The van der Waals surface area contributed by atoms with Gasteiger partial charge in [-0.1, -0.05) is 6.07 Å². The predicted molar refractivity (Wildman–Crippen MR) is 89.9 cm³/mol. The summed E-state index contributed by atoms with van der Waals surface area (Å²) in [6.07, 6.45) is 3.02. The van der Waals surface area contributed by atoms with Crippen molar-refractivity contribution in [3.63, 3.8) is 0 Å². The van der Waals surface area contributed by atoms with Gasteiger partial charge in [-0.3, -0.25) is 4.57 Å². The van der Waals surface area contributed by atoms with Crippen LogP contribution in [0.5, 0.6) is 5.75 Å². The summed E-state index contributed by atoms with van der Waals surface area (Å²) >= 11 is 0. The molecule has 0 saturated heterocycles. The number of fused-ring (bicyclic) bond motifs is 1. The monoisotopic (exact) mass is 354 g/mol. The molecule has 8 nitrogen and oxygen atoms in total. The van der Waals surface area contributed by atoms with Crippen LogP contribution in [0.1, 0.15) is 49.2 Å². The van der Waals surface area contributed by atoms with Gasteiger partial charge in [-0.15, -0.1) is 0 Å². The molecular weight excluding hydrogens is 336 g/mol. The highest BCUT2D eigenvalue weighted by Crippen LogP contribution is 2.35. The third kappa shape index (κ3) is 2.75. The topological polar surface area (TPSA) is 110 Å². The molecule has 1 fully saturated rings. The van der Waals surface area contributed by atoms with E-state index in [0.717, 1.165) is 6.42 Å². The molecule has 1 aliphatic heterocycles. The molecule has 0 bridgehead atoms. The van der Waals surface area contributed by atoms with Crippen molar-refractivity contribution in [2.75, 3.05) is 0 Å². The number of hydrogen-bond donors (Lipinski definition) is 1. The largest absolute Gasteiger partial charge is 0.490 e. The molecule has 134 valence electrons. The molecule has 1 atom stereocenters. The van der Waals surface area contributed by atoms with Gasteiger partial charge in [0.05, 0.1) is 17.7 Å². The molecule has 1 aliphatic carbocycles. The van der Waals surface area contributed by atoms with E-state index in [4.69, 9.17) is 10.00 Å². The molecule has 1 saturated carbocycles. The Balaban J connectivity index is 1.47. The van der Waals surface area contributed by atoms with E-state index in [9.17, 15) is 14.7 Å². The van der Waals surface area contributed by atoms with Crippen molar-refractivity contribution in [3.8, 4) is 11.8 Å². The van der Waals surface area contributed by atoms with Gasteiger partial charge < -0.3 is 9.84 Å². The zero-order valence-electron chi connectivity index (χ0n) is 14.0. The van der Waals surface area contributed by atoms with E-state index in [1.54, 1.807) is 24.3 Å². The summed E-state index contributed by atoms with van der Waals surface area (Å²) in [6, 6.07) is 8.14. The molecule has 8 heteroatoms. The van der Waals surface area contributed by atoms with Gasteiger partial charge in [0.1, 0.15) is 23.7 Å². The van der Waals surface area contributed by atoms with Crippen molar-refractivity contribution in [3.05, 3.63) is 46.1 Å². The Bertz CT molecular complexity index is 949. The fourth-order valence-electron chi connectivity index (χ4n) is 3.64. The lowest BCUT2D eigenvalue weighted by Gasteiger charge is -2.34. The molecule has 0 amide bonds. The zero-order chi connectivity index (χ0) is 18.3. The average Bonchev–Trinajstić information content (AvgIpc) is 2.94. The van der Waals surface area contributed by atoms with Crippen molar-refractivity contribution in [1.29, 1.82) is 5.26 Å². The third-order valence-electron chi connectivity index (χ3n) is 5.06. The molecule has 1 aromatic carbocycles. The maximum absolute atomic E-state index is 12.6. The van der Waals surface area contributed by atoms with Crippen LogP contribution >= 0.6 is 0 Å². The summed E-state index contributed by atoms with van der Waals surface area (Å²) in [4.78, 5) is 24.0. The van der Waals surface area contributed by atoms with E-state index >= 15 is 0 Å². The first-order chi connectivity index (χ1) is 12.6. The third-order valence-corrected chi connectivity index (χ3v) is 5.06. The first kappa shape index (κ1) is 16.4. The van der Waals surface area contributed by atoms with Gasteiger partial charge >= 0.3 is 11.7 Å². The van der Waals surface area contributed by atoms with Crippen LogP contribution in [0.3, 0.4) is 0 Å². The van der Waals surface area contributed by atoms with Crippen LogP contribution in [0.2, 0.25) is 0 Å². The summed E-state index contributed by atoms with van der Waals surface area (Å²) in [5, 5.41) is 22.6. The second-order valence-corrected chi connectivity index (χ2v) is 6.76. The highest BCUT2D eigenvalue weighted by Gasteiger charge is 2.37. The van der Waals surface area contributed by atoms with Crippen molar-refractivity contribution in [2.45, 2.75) is 50.3 Å². The number of ether oxygens (including phenoxy) is 1. The molecule has 2 aliphatic rings. The lowest BCUT2D eigenvalue weighted by atomic mass is 9.89. The Kier molecular flexibility index (Phi) is 3.99. The number of rotatable bonds is 4. The summed E-state index contributed by atoms with van der Waals surface area (Å²) in [6.45, 7) is 0. The minimum Gasteiger partial charge on any atom is -0.490 e. The number of carboxylic acids is 1. The molecular formula is C18H18N4O4. The summed E-state index contributed by atoms with van der Waals surface area (Å²) in [7, 11) is 0. The maximum Gasteiger partial charge on any atom is 0.347 e. The number of aryl methyl sites for hydroxylation is 1. The Morgan fingerprint density at radius 2 is 2.19 bits per heavy atom. The van der Waals surface area contributed by atoms with Gasteiger partial charge in [0, 0.05) is 19.3 Å². The number of benzene rings is 1. The SMILES string of the molecule is N#Cc1cccc(OC2CC(n3nc4n(c3=O)[C@H](C(=O)O)CCC4)C2)c1. The molecule has 4 rings (SSSR count). The Morgan fingerprint density at radius 1 is 1.38 bits per heavy atom. The number of hydrogen-bond acceptors (Lipinski definition) is 5. The van der Waals surface area contributed by atoms with E-state index in [-0.39, 0.29) is 17.8 Å². The number of carboxylic acid groups (broad SMARTS) is 1. The number of nitriles is 1. The molecule has 2 aromatic rings. The Hall–Kier alpha value is -3.08. The Morgan fingerprint density at radius 3 is 2.92 bits per heavy atom.